The van der Waals surface area contributed by atoms with Gasteiger partial charge in [-0.25, -0.2) is 0 Å². The van der Waals surface area contributed by atoms with Crippen LogP contribution >= 0.6 is 0 Å². The Kier molecular flexibility index (Phi) is 5.03. The van der Waals surface area contributed by atoms with Crippen LogP contribution in [0.5, 0.6) is 5.75 Å². The number of hydrogen-bond donors (Lipinski definition) is 1. The van der Waals surface area contributed by atoms with E-state index in [0.29, 0.717) is 0 Å². The minimum absolute atomic E-state index is 0.133. The third-order valence-electron chi connectivity index (χ3n) is 2.79. The van der Waals surface area contributed by atoms with Crippen molar-refractivity contribution in [2.45, 2.75) is 26.3 Å². The Balaban J connectivity index is 3.16. The molecule has 0 aliphatic carbocycles. The third kappa shape index (κ3) is 3.23. The van der Waals surface area contributed by atoms with E-state index >= 15 is 0 Å². The Bertz CT molecular complexity index is 563. The molecule has 0 radical (unpaired) electrons. The highest BCUT2D eigenvalue weighted by Gasteiger charge is 2.25. The van der Waals surface area contributed by atoms with Gasteiger partial charge in [0.25, 0.3) is 5.91 Å². The summed E-state index contributed by atoms with van der Waals surface area (Å²) in [5.74, 6) is -1.18. The number of amides is 1. The molecule has 0 unspecified atom stereocenters. The molecule has 0 spiro atoms. The summed E-state index contributed by atoms with van der Waals surface area (Å²) >= 11 is 0. The Hall–Kier alpha value is -2.62. The number of phenolic OH excluding ortho intramolecular Hbond substituents is 1. The number of nitriles is 1. The first-order chi connectivity index (χ1) is 9.40. The van der Waals surface area contributed by atoms with Crippen LogP contribution in [-0.4, -0.2) is 33.4 Å². The fraction of sp³-hybridized carbons (Fsp3) is 0.385. The van der Waals surface area contributed by atoms with Crippen LogP contribution in [0.1, 0.15) is 30.6 Å². The SMILES string of the molecule is CC(C)N(CCC#N)C(=O)c1cccc([N+](=O)[O-])c1O. The van der Waals surface area contributed by atoms with Crippen LogP contribution in [-0.2, 0) is 0 Å². The number of phenols is 1. The molecule has 7 heteroatoms. The van der Waals surface area contributed by atoms with Crippen molar-refractivity contribution in [2.24, 2.45) is 0 Å². The topological polar surface area (TPSA) is 107 Å². The van der Waals surface area contributed by atoms with E-state index in [1.807, 2.05) is 6.07 Å². The van der Waals surface area contributed by atoms with Crippen LogP contribution < -0.4 is 0 Å². The largest absolute Gasteiger partial charge is 0.502 e. The molecule has 0 aliphatic heterocycles. The van der Waals surface area contributed by atoms with E-state index in [2.05, 4.69) is 0 Å². The standard InChI is InChI=1S/C13H15N3O4/c1-9(2)15(8-4-7-14)13(18)10-5-3-6-11(12(10)17)16(19)20/h3,5-6,9,17H,4,8H2,1-2H3. The maximum atomic E-state index is 12.3. The van der Waals surface area contributed by atoms with E-state index in [0.717, 1.165) is 6.07 Å². The van der Waals surface area contributed by atoms with Crippen molar-refractivity contribution < 1.29 is 14.8 Å². The second-order valence-corrected chi connectivity index (χ2v) is 4.43. The number of nitro groups is 1. The van der Waals surface area contributed by atoms with Crippen molar-refractivity contribution in [2.75, 3.05) is 6.54 Å². The summed E-state index contributed by atoms with van der Waals surface area (Å²) in [6, 6.07) is 5.55. The Morgan fingerprint density at radius 1 is 1.55 bits per heavy atom. The highest BCUT2D eigenvalue weighted by Crippen LogP contribution is 2.30. The molecule has 1 amide bonds. The molecule has 1 N–H and O–H groups in total. The molecule has 0 saturated carbocycles. The molecular formula is C13H15N3O4. The van der Waals surface area contributed by atoms with Gasteiger partial charge in [-0.2, -0.15) is 5.26 Å². The zero-order chi connectivity index (χ0) is 15.3. The first-order valence-electron chi connectivity index (χ1n) is 6.04. The average Bonchev–Trinajstić information content (AvgIpc) is 2.38. The second-order valence-electron chi connectivity index (χ2n) is 4.43. The lowest BCUT2D eigenvalue weighted by molar-refractivity contribution is -0.385. The summed E-state index contributed by atoms with van der Waals surface area (Å²) in [6.07, 6.45) is 0.152. The summed E-state index contributed by atoms with van der Waals surface area (Å²) in [7, 11) is 0. The van der Waals surface area contributed by atoms with Crippen molar-refractivity contribution in [1.29, 1.82) is 5.26 Å². The average molecular weight is 277 g/mol. The second kappa shape index (κ2) is 6.52. The van der Waals surface area contributed by atoms with Gasteiger partial charge in [0, 0.05) is 18.7 Å². The Labute approximate surface area is 116 Å². The van der Waals surface area contributed by atoms with E-state index in [9.17, 15) is 20.0 Å². The fourth-order valence-electron chi connectivity index (χ4n) is 1.77. The maximum Gasteiger partial charge on any atom is 0.311 e. The molecule has 20 heavy (non-hydrogen) atoms. The van der Waals surface area contributed by atoms with Gasteiger partial charge in [-0.05, 0) is 19.9 Å². The van der Waals surface area contributed by atoms with Crippen LogP contribution in [0.25, 0.3) is 0 Å². The minimum atomic E-state index is -0.749. The summed E-state index contributed by atoms with van der Waals surface area (Å²) in [4.78, 5) is 23.7. The summed E-state index contributed by atoms with van der Waals surface area (Å²) in [5, 5.41) is 29.2. The number of nitrogens with zero attached hydrogens (tertiary/aromatic N) is 3. The van der Waals surface area contributed by atoms with Crippen LogP contribution in [0.2, 0.25) is 0 Å². The lowest BCUT2D eigenvalue weighted by Crippen LogP contribution is -2.37. The van der Waals surface area contributed by atoms with Crippen molar-refractivity contribution in [3.05, 3.63) is 33.9 Å². The summed E-state index contributed by atoms with van der Waals surface area (Å²) < 4.78 is 0. The van der Waals surface area contributed by atoms with Crippen LogP contribution in [0, 0.1) is 21.4 Å². The predicted octanol–water partition coefficient (Wildman–Crippen LogP) is 2.06. The van der Waals surface area contributed by atoms with E-state index < -0.39 is 22.3 Å². The first-order valence-corrected chi connectivity index (χ1v) is 6.04. The van der Waals surface area contributed by atoms with Crippen molar-refractivity contribution >= 4 is 11.6 Å². The van der Waals surface area contributed by atoms with Crippen molar-refractivity contribution in [3.63, 3.8) is 0 Å². The Morgan fingerprint density at radius 2 is 2.20 bits per heavy atom. The summed E-state index contributed by atoms with van der Waals surface area (Å²) in [6.45, 7) is 3.74. The van der Waals surface area contributed by atoms with Gasteiger partial charge >= 0.3 is 5.69 Å². The van der Waals surface area contributed by atoms with Crippen LogP contribution in [0.4, 0.5) is 5.69 Å². The normalized spacial score (nSPS) is 10.1. The number of para-hydroxylation sites is 1. The lowest BCUT2D eigenvalue weighted by Gasteiger charge is -2.26. The smallest absolute Gasteiger partial charge is 0.311 e. The number of aromatic hydroxyl groups is 1. The van der Waals surface area contributed by atoms with Crippen LogP contribution in [0.15, 0.2) is 18.2 Å². The molecule has 0 aromatic heterocycles. The summed E-state index contributed by atoms with van der Waals surface area (Å²) in [5.41, 5.74) is -0.648. The molecular weight excluding hydrogens is 262 g/mol. The highest BCUT2D eigenvalue weighted by molar-refractivity contribution is 5.98. The van der Waals surface area contributed by atoms with E-state index in [-0.39, 0.29) is 24.6 Å². The Morgan fingerprint density at radius 3 is 2.70 bits per heavy atom. The van der Waals surface area contributed by atoms with E-state index in [1.54, 1.807) is 13.8 Å². The number of nitro benzene ring substituents is 1. The van der Waals surface area contributed by atoms with Gasteiger partial charge in [0.1, 0.15) is 0 Å². The lowest BCUT2D eigenvalue weighted by atomic mass is 10.1. The quantitative estimate of drug-likeness (QED) is 0.654. The number of carbonyl (C=O) groups is 1. The number of benzene rings is 1. The van der Waals surface area contributed by atoms with E-state index in [1.165, 1.54) is 17.0 Å². The zero-order valence-electron chi connectivity index (χ0n) is 11.2. The molecule has 0 fully saturated rings. The molecule has 1 aromatic rings. The van der Waals surface area contributed by atoms with Crippen LogP contribution in [0.3, 0.4) is 0 Å². The van der Waals surface area contributed by atoms with Gasteiger partial charge in [-0.1, -0.05) is 6.07 Å². The van der Waals surface area contributed by atoms with Gasteiger partial charge in [-0.15, -0.1) is 0 Å². The number of carbonyl (C=O) groups excluding carboxylic acids is 1. The van der Waals surface area contributed by atoms with E-state index in [4.69, 9.17) is 5.26 Å². The number of hydrogen-bond acceptors (Lipinski definition) is 5. The van der Waals surface area contributed by atoms with Crippen molar-refractivity contribution in [1.82, 2.24) is 4.90 Å². The third-order valence-corrected chi connectivity index (χ3v) is 2.79. The molecule has 0 aliphatic rings. The van der Waals surface area contributed by atoms with Gasteiger partial charge in [0.05, 0.1) is 23.0 Å². The molecule has 7 nitrogen and oxygen atoms in total. The fourth-order valence-corrected chi connectivity index (χ4v) is 1.77. The molecule has 1 rings (SSSR count). The number of rotatable bonds is 5. The molecule has 1 aromatic carbocycles. The zero-order valence-corrected chi connectivity index (χ0v) is 11.2. The molecule has 106 valence electrons. The molecule has 0 heterocycles. The van der Waals surface area contributed by atoms with Crippen molar-refractivity contribution in [3.8, 4) is 11.8 Å². The van der Waals surface area contributed by atoms with Gasteiger partial charge in [0.15, 0.2) is 0 Å². The van der Waals surface area contributed by atoms with Gasteiger partial charge in [-0.3, -0.25) is 14.9 Å². The van der Waals surface area contributed by atoms with Gasteiger partial charge < -0.3 is 10.0 Å². The molecule has 0 bridgehead atoms. The monoisotopic (exact) mass is 277 g/mol. The van der Waals surface area contributed by atoms with Gasteiger partial charge in [0.2, 0.25) is 5.75 Å². The minimum Gasteiger partial charge on any atom is -0.502 e. The molecule has 0 atom stereocenters. The maximum absolute atomic E-state index is 12.3. The predicted molar refractivity (Wildman–Crippen MR) is 71.2 cm³/mol. The molecule has 0 saturated heterocycles. The highest BCUT2D eigenvalue weighted by atomic mass is 16.6. The first kappa shape index (κ1) is 15.4.